The van der Waals surface area contributed by atoms with E-state index in [4.69, 9.17) is 9.84 Å². The number of nitrogens with zero attached hydrogens (tertiary/aromatic N) is 3. The summed E-state index contributed by atoms with van der Waals surface area (Å²) in [6.45, 7) is 2.34. The summed E-state index contributed by atoms with van der Waals surface area (Å²) >= 11 is 0. The molecule has 1 aliphatic rings. The van der Waals surface area contributed by atoms with Crippen LogP contribution in [0.4, 0.5) is 5.69 Å². The number of hydrogen-bond acceptors (Lipinski definition) is 9. The number of rotatable bonds is 7. The summed E-state index contributed by atoms with van der Waals surface area (Å²) in [5.74, 6) is -2.92. The van der Waals surface area contributed by atoms with E-state index in [2.05, 4.69) is 15.6 Å². The fourth-order valence-corrected chi connectivity index (χ4v) is 3.49. The molecular formula is C20H23N4NaO7. The van der Waals surface area contributed by atoms with Gasteiger partial charge in [0.25, 0.3) is 0 Å². The number of carboxylic acids is 1. The summed E-state index contributed by atoms with van der Waals surface area (Å²) in [5, 5.41) is 51.6. The van der Waals surface area contributed by atoms with Crippen molar-refractivity contribution in [3.8, 4) is 11.3 Å². The molecule has 2 heterocycles. The second-order valence-corrected chi connectivity index (χ2v) is 7.30. The van der Waals surface area contributed by atoms with Crippen molar-refractivity contribution in [1.29, 1.82) is 0 Å². The first-order valence-electron chi connectivity index (χ1n) is 9.58. The van der Waals surface area contributed by atoms with Crippen molar-refractivity contribution in [2.24, 2.45) is 5.92 Å². The van der Waals surface area contributed by atoms with Crippen molar-refractivity contribution in [3.05, 3.63) is 42.3 Å². The van der Waals surface area contributed by atoms with Crippen LogP contribution in [0.1, 0.15) is 19.9 Å². The summed E-state index contributed by atoms with van der Waals surface area (Å²) in [7, 11) is 0. The summed E-state index contributed by atoms with van der Waals surface area (Å²) in [6, 6.07) is 6.28. The Hall–Kier alpha value is -2.28. The van der Waals surface area contributed by atoms with E-state index in [0.29, 0.717) is 16.9 Å². The zero-order valence-electron chi connectivity index (χ0n) is 17.9. The van der Waals surface area contributed by atoms with Crippen LogP contribution in [-0.2, 0) is 14.3 Å². The van der Waals surface area contributed by atoms with Gasteiger partial charge in [0.15, 0.2) is 0 Å². The van der Waals surface area contributed by atoms with E-state index in [-0.39, 0.29) is 35.5 Å². The molecule has 11 nitrogen and oxygen atoms in total. The van der Waals surface area contributed by atoms with Crippen molar-refractivity contribution in [2.45, 2.75) is 38.2 Å². The van der Waals surface area contributed by atoms with E-state index < -0.39 is 48.6 Å². The molecule has 1 aromatic heterocycles. The molecule has 5 atom stereocenters. The van der Waals surface area contributed by atoms with Gasteiger partial charge in [-0.05, 0) is 12.1 Å². The van der Waals surface area contributed by atoms with E-state index in [1.807, 2.05) is 0 Å². The molecular weight excluding hydrogens is 431 g/mol. The Morgan fingerprint density at radius 3 is 2.62 bits per heavy atom. The number of aliphatic hydroxyl groups is 3. The summed E-state index contributed by atoms with van der Waals surface area (Å²) in [5.41, 5.74) is 1.58. The van der Waals surface area contributed by atoms with E-state index in [1.54, 1.807) is 37.4 Å². The number of carboxylic acid groups (broad SMARTS) is 1. The summed E-state index contributed by atoms with van der Waals surface area (Å²) < 4.78 is 6.72. The van der Waals surface area contributed by atoms with Gasteiger partial charge in [-0.1, -0.05) is 30.3 Å². The van der Waals surface area contributed by atoms with Gasteiger partial charge >= 0.3 is 29.6 Å². The van der Waals surface area contributed by atoms with Crippen molar-refractivity contribution in [3.63, 3.8) is 0 Å². The fraction of sp³-hybridized carbons (Fsp3) is 0.400. The Morgan fingerprint density at radius 1 is 1.31 bits per heavy atom. The maximum Gasteiger partial charge on any atom is 1.00 e. The van der Waals surface area contributed by atoms with Crippen LogP contribution in [0.5, 0.6) is 0 Å². The zero-order chi connectivity index (χ0) is 22.7. The number of benzene rings is 1. The van der Waals surface area contributed by atoms with Gasteiger partial charge in [-0.25, -0.2) is 4.68 Å². The number of nitrogens with one attached hydrogen (secondary N) is 1. The Balaban J connectivity index is 0.00000363. The quantitative estimate of drug-likeness (QED) is 0.303. The van der Waals surface area contributed by atoms with Gasteiger partial charge in [0.1, 0.15) is 35.7 Å². The number of aromatic nitrogens is 3. The largest absolute Gasteiger partial charge is 1.00 e. The van der Waals surface area contributed by atoms with Crippen LogP contribution < -0.4 is 40.0 Å². The molecule has 2 aromatic rings. The number of para-hydroxylation sites is 1. The van der Waals surface area contributed by atoms with E-state index >= 15 is 0 Å². The molecule has 12 heteroatoms. The molecule has 0 aliphatic carbocycles. The number of allylic oxidation sites excluding steroid dienone is 1. The number of amides is 1. The van der Waals surface area contributed by atoms with Crippen molar-refractivity contribution in [2.75, 3.05) is 11.9 Å². The van der Waals surface area contributed by atoms with Crippen molar-refractivity contribution >= 4 is 17.6 Å². The zero-order valence-corrected chi connectivity index (χ0v) is 19.9. The summed E-state index contributed by atoms with van der Waals surface area (Å²) in [6.07, 6.45) is -1.36. The molecule has 0 fully saturated rings. The minimum absolute atomic E-state index is 0. The SMILES string of the molecule is CC(=O)Nc1ccccc1-c1cn([C@H]2C=C(C(=O)[O-])O[C@@H]([C@H](O)[C@H](O)CO)[C@@H]2C)nn1.[Na+]. The summed E-state index contributed by atoms with van der Waals surface area (Å²) in [4.78, 5) is 22.9. The number of carbonyl (C=O) groups excluding carboxylic acids is 2. The predicted octanol–water partition coefficient (Wildman–Crippen LogP) is -4.17. The first kappa shape index (κ1) is 26.0. The molecule has 1 aromatic carbocycles. The first-order chi connectivity index (χ1) is 14.7. The number of aliphatic carboxylic acids is 1. The Labute approximate surface area is 206 Å². The third kappa shape index (κ3) is 5.55. The van der Waals surface area contributed by atoms with Crippen LogP contribution >= 0.6 is 0 Å². The molecule has 0 bridgehead atoms. The molecule has 1 aliphatic heterocycles. The Bertz CT molecular complexity index is 996. The van der Waals surface area contributed by atoms with Gasteiger partial charge in [-0.3, -0.25) is 4.79 Å². The number of hydrogen-bond donors (Lipinski definition) is 4. The average Bonchev–Trinajstić information content (AvgIpc) is 3.22. The van der Waals surface area contributed by atoms with E-state index in [1.165, 1.54) is 17.7 Å². The minimum Gasteiger partial charge on any atom is -0.542 e. The molecule has 166 valence electrons. The van der Waals surface area contributed by atoms with E-state index in [0.717, 1.165) is 0 Å². The average molecular weight is 454 g/mol. The van der Waals surface area contributed by atoms with Gasteiger partial charge < -0.3 is 35.3 Å². The number of anilines is 1. The second kappa shape index (κ2) is 11.0. The molecule has 0 unspecified atom stereocenters. The maximum absolute atomic E-state index is 11.5. The molecule has 4 N–H and O–H groups in total. The number of ether oxygens (including phenoxy) is 1. The van der Waals surface area contributed by atoms with Gasteiger partial charge in [0.2, 0.25) is 5.91 Å². The number of aliphatic hydroxyl groups excluding tert-OH is 3. The fourth-order valence-electron chi connectivity index (χ4n) is 3.49. The molecule has 3 rings (SSSR count). The van der Waals surface area contributed by atoms with Gasteiger partial charge in [0, 0.05) is 18.4 Å². The van der Waals surface area contributed by atoms with Crippen LogP contribution in [0.2, 0.25) is 0 Å². The third-order valence-corrected chi connectivity index (χ3v) is 5.09. The van der Waals surface area contributed by atoms with Gasteiger partial charge in [0.05, 0.1) is 24.5 Å². The van der Waals surface area contributed by atoms with Crippen LogP contribution in [-0.4, -0.2) is 67.1 Å². The molecule has 1 amide bonds. The smallest absolute Gasteiger partial charge is 0.542 e. The first-order valence-corrected chi connectivity index (χ1v) is 9.58. The van der Waals surface area contributed by atoms with Crippen LogP contribution in [0.3, 0.4) is 0 Å². The van der Waals surface area contributed by atoms with Gasteiger partial charge in [-0.15, -0.1) is 5.10 Å². The minimum atomic E-state index is -1.59. The van der Waals surface area contributed by atoms with Gasteiger partial charge in [-0.2, -0.15) is 0 Å². The normalized spacial score (nSPS) is 22.0. The van der Waals surface area contributed by atoms with Crippen LogP contribution in [0.15, 0.2) is 42.3 Å². The standard InChI is InChI=1S/C20H24N4O7.Na/c1-10-15(7-17(20(29)30)31-19(10)18(28)16(27)9-25)24-8-14(22-23-24)12-5-3-4-6-13(12)21-11(2)26;/h3-8,10,15-16,18-19,25,27-28H,9H2,1-2H3,(H,21,26)(H,29,30);/q;+1/p-1/t10-,15+,16-,18-,19-;/m1./s1. The molecule has 32 heavy (non-hydrogen) atoms. The molecule has 0 radical (unpaired) electrons. The topological polar surface area (TPSA) is 170 Å². The molecule has 0 saturated heterocycles. The van der Waals surface area contributed by atoms with Crippen molar-refractivity contribution in [1.82, 2.24) is 15.0 Å². The maximum atomic E-state index is 11.5. The number of carbonyl (C=O) groups is 2. The monoisotopic (exact) mass is 454 g/mol. The Kier molecular flexibility index (Phi) is 8.96. The van der Waals surface area contributed by atoms with Crippen molar-refractivity contribution < 1.29 is 64.3 Å². The Morgan fingerprint density at radius 2 is 2.00 bits per heavy atom. The third-order valence-electron chi connectivity index (χ3n) is 5.09. The van der Waals surface area contributed by atoms with Crippen LogP contribution in [0.25, 0.3) is 11.3 Å². The predicted molar refractivity (Wildman–Crippen MR) is 105 cm³/mol. The molecule has 0 spiro atoms. The van der Waals surface area contributed by atoms with Crippen LogP contribution in [0, 0.1) is 5.92 Å². The van der Waals surface area contributed by atoms with E-state index in [9.17, 15) is 24.9 Å². The molecule has 0 saturated carbocycles. The second-order valence-electron chi connectivity index (χ2n) is 7.30.